The van der Waals surface area contributed by atoms with Crippen LogP contribution in [0.2, 0.25) is 0 Å². The number of hydrogen-bond acceptors (Lipinski definition) is 5. The fourth-order valence-corrected chi connectivity index (χ4v) is 5.90. The van der Waals surface area contributed by atoms with Crippen LogP contribution in [0, 0.1) is 6.92 Å². The van der Waals surface area contributed by atoms with Gasteiger partial charge in [0.25, 0.3) is 5.91 Å². The zero-order valence-corrected chi connectivity index (χ0v) is 22.0. The summed E-state index contributed by atoms with van der Waals surface area (Å²) in [5, 5.41) is 2.68. The first-order valence-electron chi connectivity index (χ1n) is 11.1. The Labute approximate surface area is 206 Å². The quantitative estimate of drug-likeness (QED) is 0.398. The highest BCUT2D eigenvalue weighted by Gasteiger charge is 2.37. The van der Waals surface area contributed by atoms with Crippen molar-refractivity contribution in [1.29, 1.82) is 0 Å². The van der Waals surface area contributed by atoms with Gasteiger partial charge >= 0.3 is 0 Å². The molecule has 0 unspecified atom stereocenters. The van der Waals surface area contributed by atoms with E-state index in [1.54, 1.807) is 14.2 Å². The van der Waals surface area contributed by atoms with Crippen LogP contribution in [0.15, 0.2) is 29.2 Å². The monoisotopic (exact) mass is 481 g/mol. The molecular weight excluding hydrogens is 450 g/mol. The Bertz CT molecular complexity index is 1190. The minimum Gasteiger partial charge on any atom is -0.493 e. The number of thioether (sulfide) groups is 1. The number of hydrogen-bond donors (Lipinski definition) is 1. The van der Waals surface area contributed by atoms with Crippen molar-refractivity contribution in [2.24, 2.45) is 0 Å². The third kappa shape index (κ3) is 4.31. The van der Waals surface area contributed by atoms with Crippen LogP contribution >= 0.6 is 24.0 Å². The van der Waals surface area contributed by atoms with Gasteiger partial charge in [-0.25, -0.2) is 0 Å². The fraction of sp³-hybridized carbons (Fsp3) is 0.407. The molecule has 0 atom stereocenters. The summed E-state index contributed by atoms with van der Waals surface area (Å²) in [6.07, 6.45) is 4.17. The number of benzene rings is 2. The summed E-state index contributed by atoms with van der Waals surface area (Å²) in [5.74, 6) is 1.15. The van der Waals surface area contributed by atoms with Crippen LogP contribution in [-0.4, -0.2) is 24.4 Å². The van der Waals surface area contributed by atoms with Crippen molar-refractivity contribution in [2.75, 3.05) is 14.2 Å². The van der Waals surface area contributed by atoms with Crippen molar-refractivity contribution in [2.45, 2.75) is 58.3 Å². The molecule has 33 heavy (non-hydrogen) atoms. The lowest BCUT2D eigenvalue weighted by Crippen LogP contribution is -2.34. The first kappa shape index (κ1) is 23.8. The number of amides is 1. The molecule has 1 aliphatic heterocycles. The van der Waals surface area contributed by atoms with Crippen molar-refractivity contribution in [1.82, 2.24) is 5.32 Å². The summed E-state index contributed by atoms with van der Waals surface area (Å²) in [5.41, 5.74) is 7.19. The second-order valence-electron chi connectivity index (χ2n) is 10.1. The minimum absolute atomic E-state index is 0.0957. The zero-order valence-electron chi connectivity index (χ0n) is 20.3. The van der Waals surface area contributed by atoms with Crippen LogP contribution in [0.1, 0.15) is 62.8 Å². The second-order valence-corrected chi connectivity index (χ2v) is 11.9. The van der Waals surface area contributed by atoms with E-state index in [9.17, 15) is 4.79 Å². The van der Waals surface area contributed by atoms with E-state index >= 15 is 0 Å². The largest absolute Gasteiger partial charge is 0.493 e. The first-order valence-corrected chi connectivity index (χ1v) is 12.4. The smallest absolute Gasteiger partial charge is 0.263 e. The van der Waals surface area contributed by atoms with Crippen LogP contribution in [0.5, 0.6) is 11.5 Å². The van der Waals surface area contributed by atoms with E-state index in [0.717, 1.165) is 23.1 Å². The Kier molecular flexibility index (Phi) is 6.12. The lowest BCUT2D eigenvalue weighted by atomic mass is 9.62. The molecule has 0 radical (unpaired) electrons. The number of aryl methyl sites for hydroxylation is 1. The van der Waals surface area contributed by atoms with Crippen LogP contribution in [-0.2, 0) is 15.6 Å². The minimum atomic E-state index is -0.171. The summed E-state index contributed by atoms with van der Waals surface area (Å²) in [7, 11) is 3.30. The molecule has 4 nitrogen and oxygen atoms in total. The SMILES string of the molecule is COc1cc(/C=C2\SC(=S)NC2=O)cc(-c2cc3c(cc2C)C(C)(C)CCC3(C)C)c1OC. The molecule has 2 aromatic rings. The first-order chi connectivity index (χ1) is 15.5. The normalized spacial score (nSPS) is 19.9. The lowest BCUT2D eigenvalue weighted by Gasteiger charge is -2.42. The van der Waals surface area contributed by atoms with Crippen LogP contribution in [0.25, 0.3) is 17.2 Å². The molecule has 0 spiro atoms. The van der Waals surface area contributed by atoms with Gasteiger partial charge in [0.05, 0.1) is 19.1 Å². The molecule has 6 heteroatoms. The third-order valence-corrected chi connectivity index (χ3v) is 8.09. The summed E-state index contributed by atoms with van der Waals surface area (Å²) in [6, 6.07) is 8.65. The summed E-state index contributed by atoms with van der Waals surface area (Å²) >= 11 is 6.41. The van der Waals surface area contributed by atoms with Crippen molar-refractivity contribution >= 4 is 40.3 Å². The van der Waals surface area contributed by atoms with E-state index < -0.39 is 0 Å². The Morgan fingerprint density at radius 1 is 0.970 bits per heavy atom. The maximum atomic E-state index is 12.2. The molecule has 0 aromatic heterocycles. The predicted octanol–water partition coefficient (Wildman–Crippen LogP) is 6.52. The molecule has 1 fully saturated rings. The van der Waals surface area contributed by atoms with Crippen molar-refractivity contribution < 1.29 is 14.3 Å². The molecule has 2 aliphatic rings. The van der Waals surface area contributed by atoms with Crippen molar-refractivity contribution in [3.8, 4) is 22.6 Å². The topological polar surface area (TPSA) is 47.6 Å². The maximum absolute atomic E-state index is 12.2. The third-order valence-electron chi connectivity index (χ3n) is 6.93. The highest BCUT2D eigenvalue weighted by atomic mass is 32.2. The fourth-order valence-electron chi connectivity index (χ4n) is 4.85. The summed E-state index contributed by atoms with van der Waals surface area (Å²) in [6.45, 7) is 11.5. The number of rotatable bonds is 4. The van der Waals surface area contributed by atoms with Gasteiger partial charge in [0.15, 0.2) is 11.5 Å². The molecule has 4 rings (SSSR count). The van der Waals surface area contributed by atoms with Gasteiger partial charge in [-0.05, 0) is 82.7 Å². The zero-order chi connectivity index (χ0) is 24.1. The van der Waals surface area contributed by atoms with E-state index in [-0.39, 0.29) is 16.7 Å². The number of carbonyl (C=O) groups is 1. The van der Waals surface area contributed by atoms with Gasteiger partial charge in [-0.15, -0.1) is 0 Å². The van der Waals surface area contributed by atoms with Gasteiger partial charge in [-0.1, -0.05) is 57.7 Å². The van der Waals surface area contributed by atoms with E-state index in [1.807, 2.05) is 12.1 Å². The molecule has 0 saturated carbocycles. The van der Waals surface area contributed by atoms with Gasteiger partial charge in [0.1, 0.15) is 4.32 Å². The molecule has 1 aliphatic carbocycles. The Morgan fingerprint density at radius 3 is 2.15 bits per heavy atom. The van der Waals surface area contributed by atoms with E-state index in [2.05, 4.69) is 58.1 Å². The van der Waals surface area contributed by atoms with Crippen LogP contribution in [0.3, 0.4) is 0 Å². The Morgan fingerprint density at radius 2 is 1.61 bits per heavy atom. The molecule has 1 N–H and O–H groups in total. The van der Waals surface area contributed by atoms with Gasteiger partial charge in [0, 0.05) is 5.56 Å². The molecule has 2 aromatic carbocycles. The molecule has 1 heterocycles. The van der Waals surface area contributed by atoms with Gasteiger partial charge in [-0.3, -0.25) is 4.79 Å². The molecule has 1 saturated heterocycles. The second kappa shape index (κ2) is 8.48. The number of fused-ring (bicyclic) bond motifs is 1. The van der Waals surface area contributed by atoms with Gasteiger partial charge < -0.3 is 14.8 Å². The predicted molar refractivity (Wildman–Crippen MR) is 141 cm³/mol. The number of methoxy groups -OCH3 is 2. The average molecular weight is 482 g/mol. The maximum Gasteiger partial charge on any atom is 0.263 e. The number of carbonyl (C=O) groups excluding carboxylic acids is 1. The molecular formula is C27H31NO3S2. The number of nitrogens with one attached hydrogen (secondary N) is 1. The Balaban J connectivity index is 1.94. The van der Waals surface area contributed by atoms with Crippen molar-refractivity contribution in [3.63, 3.8) is 0 Å². The van der Waals surface area contributed by atoms with Crippen LogP contribution in [0.4, 0.5) is 0 Å². The van der Waals surface area contributed by atoms with E-state index in [4.69, 9.17) is 21.7 Å². The summed E-state index contributed by atoms with van der Waals surface area (Å²) in [4.78, 5) is 12.8. The number of ether oxygens (including phenoxy) is 2. The van der Waals surface area contributed by atoms with E-state index in [1.165, 1.54) is 34.9 Å². The molecule has 0 bridgehead atoms. The molecule has 1 amide bonds. The standard InChI is InChI=1S/C27H31NO3S2/c1-15-10-19-20(27(4,5)9-8-26(19,2)3)14-17(15)18-11-16(12-21(30-6)23(18)31-7)13-22-24(29)28-25(32)33-22/h10-14H,8-9H2,1-7H3,(H,28,29,32)/b22-13-. The van der Waals surface area contributed by atoms with E-state index in [0.29, 0.717) is 20.7 Å². The van der Waals surface area contributed by atoms with Crippen molar-refractivity contribution in [3.05, 3.63) is 51.4 Å². The Hall–Kier alpha value is -2.31. The summed E-state index contributed by atoms with van der Waals surface area (Å²) < 4.78 is 12.0. The average Bonchev–Trinajstić information content (AvgIpc) is 3.07. The highest BCUT2D eigenvalue weighted by Crippen LogP contribution is 2.49. The number of thiocarbonyl (C=S) groups is 1. The lowest BCUT2D eigenvalue weighted by molar-refractivity contribution is -0.115. The highest BCUT2D eigenvalue weighted by molar-refractivity contribution is 8.26. The van der Waals surface area contributed by atoms with Gasteiger partial charge in [0.2, 0.25) is 0 Å². The van der Waals surface area contributed by atoms with Gasteiger partial charge in [-0.2, -0.15) is 0 Å². The molecule has 174 valence electrons. The van der Waals surface area contributed by atoms with Crippen LogP contribution < -0.4 is 14.8 Å².